The maximum Gasteiger partial charge on any atom is 0.239 e. The minimum absolute atomic E-state index is 0.0943. The Labute approximate surface area is 128 Å². The first kappa shape index (κ1) is 16.7. The van der Waals surface area contributed by atoms with Crippen LogP contribution in [0.4, 0.5) is 0 Å². The lowest BCUT2D eigenvalue weighted by molar-refractivity contribution is -0.134. The second-order valence-electron chi connectivity index (χ2n) is 6.72. The molecule has 1 amide bonds. The molecular formula is C16H30N2O3. The summed E-state index contributed by atoms with van der Waals surface area (Å²) in [5.41, 5.74) is 6.17. The van der Waals surface area contributed by atoms with E-state index in [1.54, 1.807) is 0 Å². The Balaban J connectivity index is 1.73. The highest BCUT2D eigenvalue weighted by molar-refractivity contribution is 5.82. The zero-order chi connectivity index (χ0) is 15.2. The van der Waals surface area contributed by atoms with E-state index >= 15 is 0 Å². The summed E-state index contributed by atoms with van der Waals surface area (Å²) < 4.78 is 11.2. The summed E-state index contributed by atoms with van der Waals surface area (Å²) in [5.74, 6) is 1.02. The van der Waals surface area contributed by atoms with Gasteiger partial charge in [-0.15, -0.1) is 0 Å². The molecule has 0 aromatic heterocycles. The molecule has 122 valence electrons. The van der Waals surface area contributed by atoms with Gasteiger partial charge in [-0.1, -0.05) is 13.8 Å². The summed E-state index contributed by atoms with van der Waals surface area (Å²) in [5, 5.41) is 0. The second-order valence-corrected chi connectivity index (χ2v) is 6.72. The van der Waals surface area contributed by atoms with Crippen molar-refractivity contribution in [3.63, 3.8) is 0 Å². The lowest BCUT2D eigenvalue weighted by atomic mass is 9.91. The van der Waals surface area contributed by atoms with Crippen molar-refractivity contribution in [1.29, 1.82) is 0 Å². The lowest BCUT2D eigenvalue weighted by Crippen LogP contribution is -2.48. The van der Waals surface area contributed by atoms with Gasteiger partial charge in [0, 0.05) is 32.9 Å². The molecule has 2 unspecified atom stereocenters. The Morgan fingerprint density at radius 2 is 2.05 bits per heavy atom. The summed E-state index contributed by atoms with van der Waals surface area (Å²) in [6.07, 6.45) is 4.00. The van der Waals surface area contributed by atoms with Crippen molar-refractivity contribution in [1.82, 2.24) is 4.90 Å². The molecule has 2 N–H and O–H groups in total. The minimum Gasteiger partial charge on any atom is -0.381 e. The predicted molar refractivity (Wildman–Crippen MR) is 81.9 cm³/mol. The van der Waals surface area contributed by atoms with Gasteiger partial charge in [-0.2, -0.15) is 0 Å². The number of hydrogen-bond donors (Lipinski definition) is 1. The van der Waals surface area contributed by atoms with Crippen LogP contribution in [0.25, 0.3) is 0 Å². The van der Waals surface area contributed by atoms with Crippen LogP contribution in [0.3, 0.4) is 0 Å². The first-order valence-electron chi connectivity index (χ1n) is 8.31. The topological polar surface area (TPSA) is 64.8 Å². The van der Waals surface area contributed by atoms with Crippen LogP contribution < -0.4 is 5.73 Å². The van der Waals surface area contributed by atoms with Crippen LogP contribution in [0.2, 0.25) is 0 Å². The van der Waals surface area contributed by atoms with E-state index in [-0.39, 0.29) is 24.0 Å². The van der Waals surface area contributed by atoms with Gasteiger partial charge in [0.25, 0.3) is 0 Å². The third-order valence-corrected chi connectivity index (χ3v) is 4.56. The molecule has 0 bridgehead atoms. The SMILES string of the molecule is CC(C)CCOC1CCN(C(=O)C(N)C2CCOCC2)C1. The molecule has 5 heteroatoms. The molecule has 0 aliphatic carbocycles. The first-order valence-corrected chi connectivity index (χ1v) is 8.31. The van der Waals surface area contributed by atoms with Crippen molar-refractivity contribution in [2.45, 2.75) is 51.7 Å². The van der Waals surface area contributed by atoms with Gasteiger partial charge in [-0.3, -0.25) is 4.79 Å². The van der Waals surface area contributed by atoms with Gasteiger partial charge in [0.2, 0.25) is 5.91 Å². The minimum atomic E-state index is -0.372. The van der Waals surface area contributed by atoms with Gasteiger partial charge < -0.3 is 20.1 Å². The Kier molecular flexibility index (Phi) is 6.45. The maximum absolute atomic E-state index is 12.5. The molecule has 2 atom stereocenters. The molecular weight excluding hydrogens is 268 g/mol. The van der Waals surface area contributed by atoms with Gasteiger partial charge in [0.15, 0.2) is 0 Å². The van der Waals surface area contributed by atoms with E-state index in [1.807, 2.05) is 4.90 Å². The molecule has 0 saturated carbocycles. The van der Waals surface area contributed by atoms with E-state index in [2.05, 4.69) is 13.8 Å². The fourth-order valence-electron chi connectivity index (χ4n) is 3.02. The van der Waals surface area contributed by atoms with Crippen LogP contribution in [0.1, 0.15) is 39.5 Å². The van der Waals surface area contributed by atoms with Crippen molar-refractivity contribution in [2.75, 3.05) is 32.9 Å². The van der Waals surface area contributed by atoms with Crippen LogP contribution >= 0.6 is 0 Å². The second kappa shape index (κ2) is 8.11. The van der Waals surface area contributed by atoms with E-state index in [1.165, 1.54) is 0 Å². The lowest BCUT2D eigenvalue weighted by Gasteiger charge is -2.29. The average Bonchev–Trinajstić information content (AvgIpc) is 2.95. The van der Waals surface area contributed by atoms with Gasteiger partial charge >= 0.3 is 0 Å². The van der Waals surface area contributed by atoms with Crippen molar-refractivity contribution in [2.24, 2.45) is 17.6 Å². The molecule has 2 heterocycles. The van der Waals surface area contributed by atoms with E-state index in [9.17, 15) is 4.79 Å². The largest absolute Gasteiger partial charge is 0.381 e. The van der Waals surface area contributed by atoms with Crippen LogP contribution in [-0.4, -0.2) is 55.9 Å². The summed E-state index contributed by atoms with van der Waals surface area (Å²) in [7, 11) is 0. The molecule has 0 radical (unpaired) electrons. The molecule has 2 aliphatic heterocycles. The Morgan fingerprint density at radius 1 is 1.33 bits per heavy atom. The molecule has 0 spiro atoms. The number of rotatable bonds is 6. The summed E-state index contributed by atoms with van der Waals surface area (Å²) in [6.45, 7) is 8.12. The Morgan fingerprint density at radius 3 is 2.71 bits per heavy atom. The van der Waals surface area contributed by atoms with E-state index in [0.717, 1.165) is 52.0 Å². The van der Waals surface area contributed by atoms with Crippen LogP contribution in [0.5, 0.6) is 0 Å². The standard InChI is InChI=1S/C16H30N2O3/c1-12(2)4-10-21-14-3-7-18(11-14)16(19)15(17)13-5-8-20-9-6-13/h12-15H,3-11,17H2,1-2H3. The van der Waals surface area contributed by atoms with Crippen LogP contribution in [0, 0.1) is 11.8 Å². The summed E-state index contributed by atoms with van der Waals surface area (Å²) >= 11 is 0. The van der Waals surface area contributed by atoms with Crippen molar-refractivity contribution in [3.05, 3.63) is 0 Å². The summed E-state index contributed by atoms with van der Waals surface area (Å²) in [6, 6.07) is -0.372. The van der Waals surface area contributed by atoms with E-state index in [4.69, 9.17) is 15.2 Å². The van der Waals surface area contributed by atoms with Gasteiger partial charge in [-0.05, 0) is 37.5 Å². The van der Waals surface area contributed by atoms with Crippen LogP contribution in [0.15, 0.2) is 0 Å². The quantitative estimate of drug-likeness (QED) is 0.805. The van der Waals surface area contributed by atoms with Gasteiger partial charge in [-0.25, -0.2) is 0 Å². The molecule has 5 nitrogen and oxygen atoms in total. The number of carbonyl (C=O) groups is 1. The number of nitrogens with two attached hydrogens (primary N) is 1. The molecule has 0 aromatic rings. The Hall–Kier alpha value is -0.650. The molecule has 2 aliphatic rings. The third kappa shape index (κ3) is 4.94. The first-order chi connectivity index (χ1) is 10.1. The monoisotopic (exact) mass is 298 g/mol. The van der Waals surface area contributed by atoms with Gasteiger partial charge in [0.05, 0.1) is 12.1 Å². The number of hydrogen-bond acceptors (Lipinski definition) is 4. The molecule has 2 saturated heterocycles. The number of ether oxygens (including phenoxy) is 2. The number of likely N-dealkylation sites (tertiary alicyclic amines) is 1. The smallest absolute Gasteiger partial charge is 0.239 e. The van der Waals surface area contributed by atoms with E-state index < -0.39 is 0 Å². The zero-order valence-corrected chi connectivity index (χ0v) is 13.4. The molecule has 2 fully saturated rings. The van der Waals surface area contributed by atoms with Crippen molar-refractivity contribution >= 4 is 5.91 Å². The normalized spacial score (nSPS) is 25.5. The summed E-state index contributed by atoms with van der Waals surface area (Å²) in [4.78, 5) is 14.4. The number of carbonyl (C=O) groups excluding carboxylic acids is 1. The highest BCUT2D eigenvalue weighted by atomic mass is 16.5. The molecule has 0 aromatic carbocycles. The number of amides is 1. The van der Waals surface area contributed by atoms with E-state index in [0.29, 0.717) is 12.5 Å². The zero-order valence-electron chi connectivity index (χ0n) is 13.4. The molecule has 2 rings (SSSR count). The highest BCUT2D eigenvalue weighted by Crippen LogP contribution is 2.21. The fourth-order valence-corrected chi connectivity index (χ4v) is 3.02. The third-order valence-electron chi connectivity index (χ3n) is 4.56. The van der Waals surface area contributed by atoms with Gasteiger partial charge in [0.1, 0.15) is 0 Å². The predicted octanol–water partition coefficient (Wildman–Crippen LogP) is 1.40. The maximum atomic E-state index is 12.5. The fraction of sp³-hybridized carbons (Fsp3) is 0.938. The highest BCUT2D eigenvalue weighted by Gasteiger charge is 2.33. The molecule has 21 heavy (non-hydrogen) atoms. The Bertz CT molecular complexity index is 329. The van der Waals surface area contributed by atoms with Crippen molar-refractivity contribution < 1.29 is 14.3 Å². The van der Waals surface area contributed by atoms with Crippen molar-refractivity contribution in [3.8, 4) is 0 Å². The van der Waals surface area contributed by atoms with Crippen LogP contribution in [-0.2, 0) is 14.3 Å². The average molecular weight is 298 g/mol. The number of nitrogens with zero attached hydrogens (tertiary/aromatic N) is 1.